The number of thiophene rings is 1. The van der Waals surface area contributed by atoms with Crippen molar-refractivity contribution in [2.45, 2.75) is 19.3 Å². The number of hydrogen-bond donors (Lipinski definition) is 0. The van der Waals surface area contributed by atoms with Gasteiger partial charge in [0.2, 0.25) is 11.7 Å². The molecule has 0 fully saturated rings. The van der Waals surface area contributed by atoms with Crippen LogP contribution in [0.5, 0.6) is 0 Å². The van der Waals surface area contributed by atoms with Gasteiger partial charge in [0.25, 0.3) is 0 Å². The number of fused-ring (bicyclic) bond motifs is 1. The normalized spacial score (nSPS) is 15.5. The van der Waals surface area contributed by atoms with Crippen LogP contribution in [0.4, 0.5) is 10.7 Å². The monoisotopic (exact) mass is 457 g/mol. The van der Waals surface area contributed by atoms with E-state index in [0.29, 0.717) is 21.9 Å². The lowest BCUT2D eigenvalue weighted by Crippen LogP contribution is -2.32. The van der Waals surface area contributed by atoms with E-state index in [1.165, 1.54) is 11.3 Å². The van der Waals surface area contributed by atoms with Gasteiger partial charge >= 0.3 is 0 Å². The van der Waals surface area contributed by atoms with Crippen LogP contribution in [0.3, 0.4) is 0 Å². The lowest BCUT2D eigenvalue weighted by atomic mass is 9.84. The van der Waals surface area contributed by atoms with Crippen molar-refractivity contribution in [3.05, 3.63) is 117 Å². The molecule has 0 N–H and O–H groups in total. The Morgan fingerprint density at radius 1 is 0.938 bits per heavy atom. The number of benzene rings is 3. The number of halogens is 1. The number of carbonyl (C=O) groups is 2. The van der Waals surface area contributed by atoms with Crippen molar-refractivity contribution in [2.24, 2.45) is 0 Å². The molecule has 1 atom stereocenters. The molecule has 32 heavy (non-hydrogen) atoms. The summed E-state index contributed by atoms with van der Waals surface area (Å²) in [5.74, 6) is -0.100. The van der Waals surface area contributed by atoms with E-state index in [2.05, 4.69) is 12.1 Å². The molecule has 5 rings (SSSR count). The van der Waals surface area contributed by atoms with E-state index in [0.717, 1.165) is 27.4 Å². The summed E-state index contributed by atoms with van der Waals surface area (Å²) in [6, 6.07) is 26.6. The van der Waals surface area contributed by atoms with E-state index in [1.807, 2.05) is 55.5 Å². The van der Waals surface area contributed by atoms with Gasteiger partial charge in [0.05, 0.1) is 4.88 Å². The number of amides is 1. The maximum Gasteiger partial charge on any atom is 0.233 e. The summed E-state index contributed by atoms with van der Waals surface area (Å²) >= 11 is 7.41. The van der Waals surface area contributed by atoms with Gasteiger partial charge in [-0.2, -0.15) is 0 Å². The predicted octanol–water partition coefficient (Wildman–Crippen LogP) is 7.14. The Hall–Kier alpha value is -3.21. The van der Waals surface area contributed by atoms with Gasteiger partial charge in [-0.3, -0.25) is 14.5 Å². The first-order valence-electron chi connectivity index (χ1n) is 10.4. The lowest BCUT2D eigenvalue weighted by molar-refractivity contribution is -0.118. The fourth-order valence-electron chi connectivity index (χ4n) is 4.33. The third-order valence-electron chi connectivity index (χ3n) is 5.88. The highest BCUT2D eigenvalue weighted by atomic mass is 35.5. The highest BCUT2D eigenvalue weighted by molar-refractivity contribution is 7.19. The van der Waals surface area contributed by atoms with Crippen LogP contribution in [0, 0.1) is 6.92 Å². The van der Waals surface area contributed by atoms with Crippen LogP contribution in [0.15, 0.2) is 84.9 Å². The number of carbonyl (C=O) groups excluding carboxylic acids is 2. The molecule has 0 radical (unpaired) electrons. The van der Waals surface area contributed by atoms with Crippen LogP contribution < -0.4 is 4.90 Å². The molecule has 3 aromatic carbocycles. The Kier molecular flexibility index (Phi) is 5.41. The van der Waals surface area contributed by atoms with Crippen molar-refractivity contribution >= 4 is 45.3 Å². The number of hydrogen-bond acceptors (Lipinski definition) is 3. The highest BCUT2D eigenvalue weighted by Gasteiger charge is 2.38. The number of rotatable bonds is 4. The first-order valence-corrected chi connectivity index (χ1v) is 11.6. The lowest BCUT2D eigenvalue weighted by Gasteiger charge is -2.32. The predicted molar refractivity (Wildman–Crippen MR) is 130 cm³/mol. The standard InChI is InChI=1S/C27H20ClNO2S/c1-17-24-22(18-8-4-2-5-9-18)16-23(30)29(21-10-6-3-7-11-21)27(24)32-26(17)25(31)19-12-14-20(28)15-13-19/h2-15,22H,16H2,1H3. The van der Waals surface area contributed by atoms with Crippen LogP contribution in [0.1, 0.15) is 44.3 Å². The highest BCUT2D eigenvalue weighted by Crippen LogP contribution is 2.50. The molecule has 3 nitrogen and oxygen atoms in total. The summed E-state index contributed by atoms with van der Waals surface area (Å²) in [7, 11) is 0. The fraction of sp³-hybridized carbons (Fsp3) is 0.111. The second kappa shape index (κ2) is 8.38. The molecule has 1 aromatic heterocycles. The summed E-state index contributed by atoms with van der Waals surface area (Å²) in [6.45, 7) is 1.99. The van der Waals surface area contributed by atoms with Crippen molar-refractivity contribution < 1.29 is 9.59 Å². The first-order chi connectivity index (χ1) is 15.5. The molecule has 1 amide bonds. The van der Waals surface area contributed by atoms with Gasteiger partial charge in [-0.25, -0.2) is 0 Å². The smallest absolute Gasteiger partial charge is 0.233 e. The van der Waals surface area contributed by atoms with E-state index < -0.39 is 0 Å². The zero-order valence-corrected chi connectivity index (χ0v) is 19.0. The van der Waals surface area contributed by atoms with Crippen LogP contribution in [0.2, 0.25) is 5.02 Å². The Bertz CT molecular complexity index is 1300. The Morgan fingerprint density at radius 3 is 2.22 bits per heavy atom. The van der Waals surface area contributed by atoms with E-state index >= 15 is 0 Å². The van der Waals surface area contributed by atoms with Crippen molar-refractivity contribution in [1.82, 2.24) is 0 Å². The number of ketones is 1. The van der Waals surface area contributed by atoms with Gasteiger partial charge in [-0.15, -0.1) is 11.3 Å². The van der Waals surface area contributed by atoms with Crippen LogP contribution >= 0.6 is 22.9 Å². The molecule has 0 bridgehead atoms. The van der Waals surface area contributed by atoms with Gasteiger partial charge in [0.15, 0.2) is 0 Å². The van der Waals surface area contributed by atoms with Crippen LogP contribution in [-0.4, -0.2) is 11.7 Å². The molecule has 0 aliphatic carbocycles. The largest absolute Gasteiger partial charge is 0.288 e. The summed E-state index contributed by atoms with van der Waals surface area (Å²) in [5, 5.41) is 1.42. The van der Waals surface area contributed by atoms with Crippen molar-refractivity contribution in [3.63, 3.8) is 0 Å². The molecule has 2 heterocycles. The fourth-order valence-corrected chi connectivity index (χ4v) is 5.82. The third-order valence-corrected chi connectivity index (χ3v) is 7.43. The molecule has 1 unspecified atom stereocenters. The maximum absolute atomic E-state index is 13.4. The van der Waals surface area contributed by atoms with E-state index in [-0.39, 0.29) is 17.6 Å². The number of para-hydroxylation sites is 1. The van der Waals surface area contributed by atoms with Crippen LogP contribution in [-0.2, 0) is 4.79 Å². The van der Waals surface area contributed by atoms with Gasteiger partial charge in [0.1, 0.15) is 5.00 Å². The maximum atomic E-state index is 13.4. The first kappa shape index (κ1) is 20.7. The Labute approximate surface area is 195 Å². The zero-order valence-electron chi connectivity index (χ0n) is 17.4. The molecule has 158 valence electrons. The molecule has 0 spiro atoms. The molecule has 0 saturated carbocycles. The Balaban J connectivity index is 1.69. The summed E-state index contributed by atoms with van der Waals surface area (Å²) in [5.41, 5.74) is 4.48. The van der Waals surface area contributed by atoms with Gasteiger partial charge in [0, 0.05) is 28.6 Å². The number of anilines is 2. The minimum atomic E-state index is -0.0818. The zero-order chi connectivity index (χ0) is 22.2. The van der Waals surface area contributed by atoms with E-state index in [9.17, 15) is 9.59 Å². The molecular weight excluding hydrogens is 438 g/mol. The quantitative estimate of drug-likeness (QED) is 0.305. The van der Waals surface area contributed by atoms with E-state index in [1.54, 1.807) is 29.2 Å². The van der Waals surface area contributed by atoms with Gasteiger partial charge < -0.3 is 0 Å². The van der Waals surface area contributed by atoms with Crippen molar-refractivity contribution in [2.75, 3.05) is 4.90 Å². The molecule has 4 aromatic rings. The summed E-state index contributed by atoms with van der Waals surface area (Å²) < 4.78 is 0. The second-order valence-corrected chi connectivity index (χ2v) is 9.28. The van der Waals surface area contributed by atoms with Gasteiger partial charge in [-0.1, -0.05) is 60.1 Å². The average Bonchev–Trinajstić information content (AvgIpc) is 3.16. The van der Waals surface area contributed by atoms with Crippen LogP contribution in [0.25, 0.3) is 0 Å². The number of nitrogens with zero attached hydrogens (tertiary/aromatic N) is 1. The van der Waals surface area contributed by atoms with Crippen molar-refractivity contribution in [3.8, 4) is 0 Å². The molecule has 1 aliphatic heterocycles. The second-order valence-electron chi connectivity index (χ2n) is 7.84. The average molecular weight is 458 g/mol. The minimum absolute atomic E-state index is 0.0318. The minimum Gasteiger partial charge on any atom is -0.288 e. The Morgan fingerprint density at radius 2 is 1.56 bits per heavy atom. The molecule has 5 heteroatoms. The van der Waals surface area contributed by atoms with Crippen molar-refractivity contribution in [1.29, 1.82) is 0 Å². The SMILES string of the molecule is Cc1c(C(=O)c2ccc(Cl)cc2)sc2c1C(c1ccccc1)CC(=O)N2c1ccccc1. The summed E-state index contributed by atoms with van der Waals surface area (Å²) in [6.07, 6.45) is 0.359. The molecule has 0 saturated heterocycles. The van der Waals surface area contributed by atoms with Gasteiger partial charge in [-0.05, 0) is 60.0 Å². The van der Waals surface area contributed by atoms with E-state index in [4.69, 9.17) is 11.6 Å². The topological polar surface area (TPSA) is 37.4 Å². The summed E-state index contributed by atoms with van der Waals surface area (Å²) in [4.78, 5) is 29.2. The molecule has 1 aliphatic rings. The third kappa shape index (κ3) is 3.56. The molecular formula is C27H20ClNO2S.